The second kappa shape index (κ2) is 9.22. The second-order valence-electron chi connectivity index (χ2n) is 7.29. The quantitative estimate of drug-likeness (QED) is 0.612. The van der Waals surface area contributed by atoms with Crippen LogP contribution in [-0.4, -0.2) is 53.9 Å². The lowest BCUT2D eigenvalue weighted by Crippen LogP contribution is -2.50. The predicted octanol–water partition coefficient (Wildman–Crippen LogP) is 2.92. The Balaban J connectivity index is 1.41. The standard InChI is InChI=1S/C23H23ClN4O3/c1-31-20-8-2-17(3-9-20)21-10-11-22(29)28(25-21)16-23(30)27-14-12-26(13-15-27)19-6-4-18(24)5-7-19/h2-11H,12-16H2,1H3. The maximum Gasteiger partial charge on any atom is 0.267 e. The van der Waals surface area contributed by atoms with Gasteiger partial charge in [-0.2, -0.15) is 5.10 Å². The number of nitrogens with zero attached hydrogens (tertiary/aromatic N) is 4. The SMILES string of the molecule is COc1ccc(-c2ccc(=O)n(CC(=O)N3CCN(c4ccc(Cl)cc4)CC3)n2)cc1. The van der Waals surface area contributed by atoms with Gasteiger partial charge in [-0.25, -0.2) is 4.68 Å². The topological polar surface area (TPSA) is 67.7 Å². The van der Waals surface area contributed by atoms with Gasteiger partial charge in [-0.1, -0.05) is 11.6 Å². The Kier molecular flexibility index (Phi) is 6.23. The number of halogens is 1. The first-order valence-electron chi connectivity index (χ1n) is 10.0. The minimum Gasteiger partial charge on any atom is -0.497 e. The zero-order valence-electron chi connectivity index (χ0n) is 17.2. The van der Waals surface area contributed by atoms with Gasteiger partial charge in [0.15, 0.2) is 0 Å². The maximum absolute atomic E-state index is 12.8. The van der Waals surface area contributed by atoms with E-state index in [1.54, 1.807) is 18.1 Å². The molecule has 1 aliphatic heterocycles. The Bertz CT molecular complexity index is 1100. The molecule has 2 heterocycles. The van der Waals surface area contributed by atoms with Crippen molar-refractivity contribution in [2.24, 2.45) is 0 Å². The predicted molar refractivity (Wildman–Crippen MR) is 121 cm³/mol. The highest BCUT2D eigenvalue weighted by Gasteiger charge is 2.22. The average Bonchev–Trinajstić information content (AvgIpc) is 2.81. The van der Waals surface area contributed by atoms with Crippen LogP contribution in [0.4, 0.5) is 5.69 Å². The third-order valence-corrected chi connectivity index (χ3v) is 5.61. The van der Waals surface area contributed by atoms with Gasteiger partial charge >= 0.3 is 0 Å². The van der Waals surface area contributed by atoms with Crippen LogP contribution in [0.5, 0.6) is 5.75 Å². The van der Waals surface area contributed by atoms with Crippen molar-refractivity contribution in [3.05, 3.63) is 76.0 Å². The van der Waals surface area contributed by atoms with E-state index in [-0.39, 0.29) is 18.0 Å². The molecular weight excluding hydrogens is 416 g/mol. The Labute approximate surface area is 185 Å². The van der Waals surface area contributed by atoms with Crippen LogP contribution in [0.25, 0.3) is 11.3 Å². The fourth-order valence-corrected chi connectivity index (χ4v) is 3.70. The number of anilines is 1. The number of aromatic nitrogens is 2. The molecule has 0 unspecified atom stereocenters. The van der Waals surface area contributed by atoms with Crippen molar-refractivity contribution in [2.75, 3.05) is 38.2 Å². The van der Waals surface area contributed by atoms with Gasteiger partial charge in [0.05, 0.1) is 12.8 Å². The number of hydrogen-bond donors (Lipinski definition) is 0. The molecule has 1 amide bonds. The van der Waals surface area contributed by atoms with Crippen molar-refractivity contribution in [1.29, 1.82) is 0 Å². The fraction of sp³-hybridized carbons (Fsp3) is 0.261. The van der Waals surface area contributed by atoms with E-state index in [1.807, 2.05) is 48.5 Å². The van der Waals surface area contributed by atoms with Crippen molar-refractivity contribution in [2.45, 2.75) is 6.54 Å². The molecule has 8 heteroatoms. The summed E-state index contributed by atoms with van der Waals surface area (Å²) >= 11 is 5.96. The lowest BCUT2D eigenvalue weighted by atomic mass is 10.1. The second-order valence-corrected chi connectivity index (χ2v) is 7.72. The smallest absolute Gasteiger partial charge is 0.267 e. The molecule has 1 fully saturated rings. The van der Waals surface area contributed by atoms with Gasteiger partial charge in [-0.15, -0.1) is 0 Å². The summed E-state index contributed by atoms with van der Waals surface area (Å²) < 4.78 is 6.40. The van der Waals surface area contributed by atoms with Crippen LogP contribution in [0.15, 0.2) is 65.5 Å². The summed E-state index contributed by atoms with van der Waals surface area (Å²) in [4.78, 5) is 29.1. The first-order chi connectivity index (χ1) is 15.0. The van der Waals surface area contributed by atoms with Gasteiger partial charge in [-0.3, -0.25) is 9.59 Å². The number of methoxy groups -OCH3 is 1. The van der Waals surface area contributed by atoms with Crippen molar-refractivity contribution in [1.82, 2.24) is 14.7 Å². The molecular formula is C23H23ClN4O3. The van der Waals surface area contributed by atoms with Crippen LogP contribution < -0.4 is 15.2 Å². The molecule has 1 saturated heterocycles. The Morgan fingerprint density at radius 2 is 1.65 bits per heavy atom. The first-order valence-corrected chi connectivity index (χ1v) is 10.4. The molecule has 1 aromatic heterocycles. The molecule has 0 atom stereocenters. The molecule has 0 saturated carbocycles. The van der Waals surface area contributed by atoms with E-state index in [1.165, 1.54) is 10.7 Å². The van der Waals surface area contributed by atoms with Crippen LogP contribution in [-0.2, 0) is 11.3 Å². The first kappa shape index (κ1) is 20.9. The fourth-order valence-electron chi connectivity index (χ4n) is 3.57. The molecule has 0 N–H and O–H groups in total. The van der Waals surface area contributed by atoms with E-state index in [0.717, 1.165) is 30.1 Å². The van der Waals surface area contributed by atoms with Crippen molar-refractivity contribution in [3.63, 3.8) is 0 Å². The largest absolute Gasteiger partial charge is 0.497 e. The number of carbonyl (C=O) groups excluding carboxylic acids is 1. The highest BCUT2D eigenvalue weighted by molar-refractivity contribution is 6.30. The zero-order valence-corrected chi connectivity index (χ0v) is 18.0. The van der Waals surface area contributed by atoms with Crippen LogP contribution in [0.2, 0.25) is 5.02 Å². The monoisotopic (exact) mass is 438 g/mol. The number of hydrogen-bond acceptors (Lipinski definition) is 5. The summed E-state index contributed by atoms with van der Waals surface area (Å²) in [6, 6.07) is 18.2. The lowest BCUT2D eigenvalue weighted by Gasteiger charge is -2.36. The normalized spacial score (nSPS) is 13.9. The number of piperazine rings is 1. The molecule has 1 aliphatic rings. The highest BCUT2D eigenvalue weighted by Crippen LogP contribution is 2.21. The average molecular weight is 439 g/mol. The molecule has 3 aromatic rings. The van der Waals surface area contributed by atoms with Gasteiger partial charge < -0.3 is 14.5 Å². The number of amides is 1. The number of ether oxygens (including phenoxy) is 1. The minimum atomic E-state index is -0.301. The molecule has 0 spiro atoms. The zero-order chi connectivity index (χ0) is 21.8. The molecule has 31 heavy (non-hydrogen) atoms. The van der Waals surface area contributed by atoms with Gasteiger partial charge in [0, 0.05) is 48.5 Å². The Morgan fingerprint density at radius 1 is 0.968 bits per heavy atom. The number of rotatable bonds is 5. The lowest BCUT2D eigenvalue weighted by molar-refractivity contribution is -0.132. The maximum atomic E-state index is 12.8. The minimum absolute atomic E-state index is 0.0796. The van der Waals surface area contributed by atoms with Crippen LogP contribution in [0, 0.1) is 0 Å². The van der Waals surface area contributed by atoms with Gasteiger partial charge in [0.25, 0.3) is 5.56 Å². The third-order valence-electron chi connectivity index (χ3n) is 5.36. The molecule has 0 aliphatic carbocycles. The van der Waals surface area contributed by atoms with Crippen molar-refractivity contribution < 1.29 is 9.53 Å². The van der Waals surface area contributed by atoms with Crippen LogP contribution in [0.3, 0.4) is 0 Å². The summed E-state index contributed by atoms with van der Waals surface area (Å²) in [6.07, 6.45) is 0. The summed E-state index contributed by atoms with van der Waals surface area (Å²) in [7, 11) is 1.61. The summed E-state index contributed by atoms with van der Waals surface area (Å²) in [5, 5.41) is 5.10. The Hall–Kier alpha value is -3.32. The Morgan fingerprint density at radius 3 is 2.29 bits per heavy atom. The van der Waals surface area contributed by atoms with E-state index < -0.39 is 0 Å². The molecule has 4 rings (SSSR count). The highest BCUT2D eigenvalue weighted by atomic mass is 35.5. The molecule has 0 radical (unpaired) electrons. The third kappa shape index (κ3) is 4.88. The number of carbonyl (C=O) groups is 1. The van der Waals surface area contributed by atoms with E-state index >= 15 is 0 Å². The summed E-state index contributed by atoms with van der Waals surface area (Å²) in [5.74, 6) is 0.627. The van der Waals surface area contributed by atoms with Gasteiger partial charge in [0.1, 0.15) is 12.3 Å². The van der Waals surface area contributed by atoms with Crippen molar-refractivity contribution >= 4 is 23.2 Å². The van der Waals surface area contributed by atoms with Crippen LogP contribution in [0.1, 0.15) is 0 Å². The summed E-state index contributed by atoms with van der Waals surface area (Å²) in [5.41, 5.74) is 2.26. The van der Waals surface area contributed by atoms with E-state index in [4.69, 9.17) is 16.3 Å². The number of benzene rings is 2. The molecule has 160 valence electrons. The summed E-state index contributed by atoms with van der Waals surface area (Å²) in [6.45, 7) is 2.55. The molecule has 2 aromatic carbocycles. The molecule has 7 nitrogen and oxygen atoms in total. The van der Waals surface area contributed by atoms with E-state index in [9.17, 15) is 9.59 Å². The van der Waals surface area contributed by atoms with Crippen LogP contribution >= 0.6 is 11.6 Å². The molecule has 0 bridgehead atoms. The van der Waals surface area contributed by atoms with Gasteiger partial charge in [0.2, 0.25) is 5.91 Å². The van der Waals surface area contributed by atoms with E-state index in [2.05, 4.69) is 10.00 Å². The van der Waals surface area contributed by atoms with E-state index in [0.29, 0.717) is 23.8 Å². The van der Waals surface area contributed by atoms with Gasteiger partial charge in [-0.05, 0) is 54.6 Å². The van der Waals surface area contributed by atoms with Crippen molar-refractivity contribution in [3.8, 4) is 17.0 Å².